The zero-order valence-corrected chi connectivity index (χ0v) is 19.3. The summed E-state index contributed by atoms with van der Waals surface area (Å²) in [6.07, 6.45) is 7.18. The lowest BCUT2D eigenvalue weighted by Gasteiger charge is -2.47. The monoisotopic (exact) mass is 434 g/mol. The molecule has 0 unspecified atom stereocenters. The van der Waals surface area contributed by atoms with Gasteiger partial charge in [0.05, 0.1) is 5.69 Å². The van der Waals surface area contributed by atoms with E-state index in [0.717, 1.165) is 57.7 Å². The van der Waals surface area contributed by atoms with E-state index in [1.807, 2.05) is 4.90 Å². The number of carbonyl (C=O) groups is 1. The van der Waals surface area contributed by atoms with E-state index in [2.05, 4.69) is 41.9 Å². The SMILES string of the molecule is CC1(C)Cc2c(CN3CCC4(CC3)CCN(C(=O)c3ncccc3N)CC4)cccc2O1. The van der Waals surface area contributed by atoms with Crippen LogP contribution in [0.25, 0.3) is 0 Å². The number of fused-ring (bicyclic) bond motifs is 1. The van der Waals surface area contributed by atoms with Crippen LogP contribution in [0.4, 0.5) is 5.69 Å². The van der Waals surface area contributed by atoms with E-state index in [-0.39, 0.29) is 11.5 Å². The lowest BCUT2D eigenvalue weighted by molar-refractivity contribution is 0.0282. The number of hydrogen-bond acceptors (Lipinski definition) is 5. The van der Waals surface area contributed by atoms with E-state index >= 15 is 0 Å². The second-order valence-electron chi connectivity index (χ2n) is 10.4. The molecule has 1 aromatic heterocycles. The summed E-state index contributed by atoms with van der Waals surface area (Å²) in [7, 11) is 0. The Morgan fingerprint density at radius 2 is 1.78 bits per heavy atom. The van der Waals surface area contributed by atoms with Crippen molar-refractivity contribution in [2.24, 2.45) is 5.41 Å². The highest BCUT2D eigenvalue weighted by Gasteiger charge is 2.39. The first-order chi connectivity index (χ1) is 15.3. The van der Waals surface area contributed by atoms with Crippen LogP contribution >= 0.6 is 0 Å². The third-order valence-electron chi connectivity index (χ3n) is 7.68. The first-order valence-electron chi connectivity index (χ1n) is 11.9. The number of rotatable bonds is 3. The first kappa shape index (κ1) is 21.3. The smallest absolute Gasteiger partial charge is 0.274 e. The van der Waals surface area contributed by atoms with E-state index in [9.17, 15) is 4.79 Å². The van der Waals surface area contributed by atoms with Crippen LogP contribution in [0.2, 0.25) is 0 Å². The Hall–Kier alpha value is -2.60. The number of benzene rings is 1. The fraction of sp³-hybridized carbons (Fsp3) is 0.538. The molecule has 0 atom stereocenters. The van der Waals surface area contributed by atoms with Crippen molar-refractivity contribution in [1.82, 2.24) is 14.8 Å². The van der Waals surface area contributed by atoms with Crippen LogP contribution in [0.5, 0.6) is 5.75 Å². The Bertz CT molecular complexity index is 1000. The minimum Gasteiger partial charge on any atom is -0.487 e. The molecular weight excluding hydrogens is 400 g/mol. The number of ether oxygens (including phenoxy) is 1. The maximum absolute atomic E-state index is 12.9. The number of nitrogen functional groups attached to an aromatic ring is 1. The molecular formula is C26H34N4O2. The second-order valence-corrected chi connectivity index (χ2v) is 10.4. The number of pyridine rings is 1. The molecule has 3 aliphatic rings. The van der Waals surface area contributed by atoms with E-state index in [0.29, 0.717) is 16.8 Å². The Morgan fingerprint density at radius 3 is 2.50 bits per heavy atom. The maximum Gasteiger partial charge on any atom is 0.274 e. The number of carbonyl (C=O) groups excluding carboxylic acids is 1. The van der Waals surface area contributed by atoms with Gasteiger partial charge < -0.3 is 15.4 Å². The Morgan fingerprint density at radius 1 is 1.06 bits per heavy atom. The molecule has 0 aliphatic carbocycles. The molecule has 1 spiro atoms. The number of likely N-dealkylation sites (tertiary alicyclic amines) is 2. The molecule has 2 N–H and O–H groups in total. The van der Waals surface area contributed by atoms with Crippen LogP contribution in [0.15, 0.2) is 36.5 Å². The number of anilines is 1. The summed E-state index contributed by atoms with van der Waals surface area (Å²) in [5.74, 6) is 1.03. The standard InChI is InChI=1S/C26H34N4O2/c1-25(2)17-20-19(5-3-7-22(20)32-25)18-29-13-8-26(9-14-29)10-15-30(16-11-26)24(31)23-21(27)6-4-12-28-23/h3-7,12H,8-11,13-18,27H2,1-2H3. The van der Waals surface area contributed by atoms with Crippen molar-refractivity contribution in [2.75, 3.05) is 31.9 Å². The van der Waals surface area contributed by atoms with Gasteiger partial charge >= 0.3 is 0 Å². The van der Waals surface area contributed by atoms with Gasteiger partial charge in [-0.3, -0.25) is 9.69 Å². The highest BCUT2D eigenvalue weighted by Crippen LogP contribution is 2.42. The number of nitrogens with zero attached hydrogens (tertiary/aromatic N) is 3. The van der Waals surface area contributed by atoms with Gasteiger partial charge in [-0.1, -0.05) is 12.1 Å². The van der Waals surface area contributed by atoms with Crippen LogP contribution < -0.4 is 10.5 Å². The third-order valence-corrected chi connectivity index (χ3v) is 7.68. The van der Waals surface area contributed by atoms with Gasteiger partial charge in [0.25, 0.3) is 5.91 Å². The summed E-state index contributed by atoms with van der Waals surface area (Å²) >= 11 is 0. The van der Waals surface area contributed by atoms with Crippen molar-refractivity contribution in [3.05, 3.63) is 53.3 Å². The second kappa shape index (κ2) is 8.07. The Balaban J connectivity index is 1.17. The molecule has 0 radical (unpaired) electrons. The van der Waals surface area contributed by atoms with Gasteiger partial charge in [-0.15, -0.1) is 0 Å². The molecule has 170 valence electrons. The van der Waals surface area contributed by atoms with Gasteiger partial charge in [0.15, 0.2) is 5.69 Å². The fourth-order valence-electron chi connectivity index (χ4n) is 5.67. The molecule has 0 saturated carbocycles. The van der Waals surface area contributed by atoms with Gasteiger partial charge in [0, 0.05) is 37.8 Å². The van der Waals surface area contributed by atoms with Gasteiger partial charge in [-0.25, -0.2) is 4.98 Å². The van der Waals surface area contributed by atoms with Crippen molar-refractivity contribution >= 4 is 11.6 Å². The summed E-state index contributed by atoms with van der Waals surface area (Å²) < 4.78 is 6.12. The average molecular weight is 435 g/mol. The number of hydrogen-bond donors (Lipinski definition) is 1. The van der Waals surface area contributed by atoms with Gasteiger partial charge in [-0.2, -0.15) is 0 Å². The molecule has 4 heterocycles. The zero-order valence-electron chi connectivity index (χ0n) is 19.3. The molecule has 2 aromatic rings. The molecule has 1 amide bonds. The lowest BCUT2D eigenvalue weighted by atomic mass is 9.71. The van der Waals surface area contributed by atoms with E-state index in [1.54, 1.807) is 18.3 Å². The molecule has 32 heavy (non-hydrogen) atoms. The maximum atomic E-state index is 12.9. The van der Waals surface area contributed by atoms with E-state index in [1.165, 1.54) is 24.0 Å². The highest BCUT2D eigenvalue weighted by atomic mass is 16.5. The minimum atomic E-state index is -0.101. The molecule has 6 nitrogen and oxygen atoms in total. The minimum absolute atomic E-state index is 0.0292. The van der Waals surface area contributed by atoms with E-state index in [4.69, 9.17) is 10.5 Å². The molecule has 2 fully saturated rings. The Kier molecular flexibility index (Phi) is 5.36. The molecule has 3 aliphatic heterocycles. The summed E-state index contributed by atoms with van der Waals surface area (Å²) in [4.78, 5) is 21.6. The number of piperidine rings is 2. The topological polar surface area (TPSA) is 71.7 Å². The summed E-state index contributed by atoms with van der Waals surface area (Å²) in [5.41, 5.74) is 9.89. The van der Waals surface area contributed by atoms with Crippen molar-refractivity contribution in [2.45, 2.75) is 58.1 Å². The lowest BCUT2D eigenvalue weighted by Crippen LogP contribution is -2.48. The molecule has 1 aromatic carbocycles. The van der Waals surface area contributed by atoms with Gasteiger partial charge in [0.1, 0.15) is 11.4 Å². The summed E-state index contributed by atoms with van der Waals surface area (Å²) in [6.45, 7) is 9.18. The Labute approximate surface area is 190 Å². The zero-order chi connectivity index (χ0) is 22.3. The first-order valence-corrected chi connectivity index (χ1v) is 11.9. The largest absolute Gasteiger partial charge is 0.487 e. The molecule has 6 heteroatoms. The van der Waals surface area contributed by atoms with Crippen LogP contribution in [0.1, 0.15) is 61.1 Å². The third kappa shape index (κ3) is 4.08. The molecule has 0 bridgehead atoms. The fourth-order valence-corrected chi connectivity index (χ4v) is 5.67. The van der Waals surface area contributed by atoms with Crippen LogP contribution in [-0.2, 0) is 13.0 Å². The predicted molar refractivity (Wildman–Crippen MR) is 126 cm³/mol. The normalized spacial score (nSPS) is 21.9. The summed E-state index contributed by atoms with van der Waals surface area (Å²) in [6, 6.07) is 10.0. The number of nitrogens with two attached hydrogens (primary N) is 1. The quantitative estimate of drug-likeness (QED) is 0.793. The number of amides is 1. The van der Waals surface area contributed by atoms with Gasteiger partial charge in [0.2, 0.25) is 0 Å². The van der Waals surface area contributed by atoms with Crippen LogP contribution in [-0.4, -0.2) is 52.5 Å². The average Bonchev–Trinajstić information content (AvgIpc) is 3.11. The summed E-state index contributed by atoms with van der Waals surface area (Å²) in [5, 5.41) is 0. The van der Waals surface area contributed by atoms with Crippen molar-refractivity contribution in [1.29, 1.82) is 0 Å². The van der Waals surface area contributed by atoms with Crippen LogP contribution in [0.3, 0.4) is 0 Å². The van der Waals surface area contributed by atoms with Gasteiger partial charge in [-0.05, 0) is 81.8 Å². The van der Waals surface area contributed by atoms with Crippen molar-refractivity contribution in [3.63, 3.8) is 0 Å². The molecule has 5 rings (SSSR count). The molecule has 2 saturated heterocycles. The predicted octanol–water partition coefficient (Wildman–Crippen LogP) is 3.90. The van der Waals surface area contributed by atoms with Crippen LogP contribution in [0, 0.1) is 5.41 Å². The highest BCUT2D eigenvalue weighted by molar-refractivity contribution is 5.97. The van der Waals surface area contributed by atoms with Crippen molar-refractivity contribution in [3.8, 4) is 5.75 Å². The van der Waals surface area contributed by atoms with E-state index < -0.39 is 0 Å². The van der Waals surface area contributed by atoms with Crippen molar-refractivity contribution < 1.29 is 9.53 Å². The number of aromatic nitrogens is 1.